The van der Waals surface area contributed by atoms with Crippen LogP contribution in [0, 0.1) is 0 Å². The zero-order chi connectivity index (χ0) is 15.2. The molecule has 1 aromatic rings. The molecular weight excluding hydrogens is 300 g/mol. The number of anilines is 1. The molecule has 124 valence electrons. The van der Waals surface area contributed by atoms with E-state index < -0.39 is 6.10 Å². The van der Waals surface area contributed by atoms with Crippen molar-refractivity contribution in [2.24, 2.45) is 0 Å². The Balaban J connectivity index is 1.30. The largest absolute Gasteiger partial charge is 0.389 e. The highest BCUT2D eigenvalue weighted by molar-refractivity contribution is 7.14. The van der Waals surface area contributed by atoms with Gasteiger partial charge in [0.1, 0.15) is 0 Å². The predicted molar refractivity (Wildman–Crippen MR) is 88.8 cm³/mol. The average molecular weight is 326 g/mol. The Bertz CT molecular complexity index is 415. The van der Waals surface area contributed by atoms with Gasteiger partial charge in [0.05, 0.1) is 30.4 Å². The number of aliphatic hydroxyl groups excluding tert-OH is 1. The maximum Gasteiger partial charge on any atom is 0.0909 e. The molecule has 2 fully saturated rings. The van der Waals surface area contributed by atoms with Gasteiger partial charge in [-0.25, -0.2) is 0 Å². The molecule has 1 aromatic heterocycles. The second-order valence-electron chi connectivity index (χ2n) is 6.07. The van der Waals surface area contributed by atoms with Gasteiger partial charge in [-0.3, -0.25) is 4.90 Å². The fraction of sp³-hybridized carbons (Fsp3) is 0.750. The van der Waals surface area contributed by atoms with Crippen molar-refractivity contribution in [1.29, 1.82) is 0 Å². The zero-order valence-electron chi connectivity index (χ0n) is 13.0. The highest BCUT2D eigenvalue weighted by Crippen LogP contribution is 2.22. The van der Waals surface area contributed by atoms with Crippen molar-refractivity contribution in [3.8, 4) is 0 Å². The Hall–Kier alpha value is -0.660. The van der Waals surface area contributed by atoms with Crippen LogP contribution in [0.1, 0.15) is 12.8 Å². The van der Waals surface area contributed by atoms with Crippen LogP contribution in [0.15, 0.2) is 17.5 Å². The van der Waals surface area contributed by atoms with E-state index in [0.717, 1.165) is 45.6 Å². The molecule has 3 rings (SSSR count). The number of hydrogen-bond donors (Lipinski definition) is 1. The van der Waals surface area contributed by atoms with Gasteiger partial charge in [0.15, 0.2) is 0 Å². The van der Waals surface area contributed by atoms with Gasteiger partial charge in [0.25, 0.3) is 0 Å². The Morgan fingerprint density at radius 1 is 1.36 bits per heavy atom. The fourth-order valence-corrected chi connectivity index (χ4v) is 3.85. The summed E-state index contributed by atoms with van der Waals surface area (Å²) >= 11 is 1.79. The second kappa shape index (κ2) is 8.26. The van der Waals surface area contributed by atoms with Crippen LogP contribution >= 0.6 is 11.3 Å². The molecule has 2 saturated heterocycles. The molecule has 1 N–H and O–H groups in total. The van der Waals surface area contributed by atoms with E-state index in [4.69, 9.17) is 9.47 Å². The predicted octanol–water partition coefficient (Wildman–Crippen LogP) is 1.43. The molecule has 3 heterocycles. The molecule has 0 bridgehead atoms. The first-order valence-electron chi connectivity index (χ1n) is 8.19. The topological polar surface area (TPSA) is 45.2 Å². The van der Waals surface area contributed by atoms with Crippen molar-refractivity contribution in [1.82, 2.24) is 4.90 Å². The van der Waals surface area contributed by atoms with Gasteiger partial charge in [-0.2, -0.15) is 0 Å². The van der Waals surface area contributed by atoms with Gasteiger partial charge >= 0.3 is 0 Å². The van der Waals surface area contributed by atoms with Crippen molar-refractivity contribution in [2.75, 3.05) is 57.4 Å². The smallest absolute Gasteiger partial charge is 0.0909 e. The minimum absolute atomic E-state index is 0.238. The summed E-state index contributed by atoms with van der Waals surface area (Å²) in [6.45, 7) is 6.64. The standard InChI is InChI=1S/C16H26N2O3S/c19-14(12-20-13-15-3-1-9-21-15)11-17-5-7-18(8-6-17)16-4-2-10-22-16/h2,4,10,14-15,19H,1,3,5-9,11-13H2. The Kier molecular flexibility index (Phi) is 6.09. The summed E-state index contributed by atoms with van der Waals surface area (Å²) in [6, 6.07) is 4.27. The van der Waals surface area contributed by atoms with Crippen LogP contribution in [0.3, 0.4) is 0 Å². The lowest BCUT2D eigenvalue weighted by Crippen LogP contribution is -2.49. The lowest BCUT2D eigenvalue weighted by Gasteiger charge is -2.36. The van der Waals surface area contributed by atoms with E-state index in [1.807, 2.05) is 0 Å². The van der Waals surface area contributed by atoms with Gasteiger partial charge in [-0.15, -0.1) is 11.3 Å². The maximum atomic E-state index is 10.1. The molecule has 2 unspecified atom stereocenters. The third kappa shape index (κ3) is 4.67. The summed E-state index contributed by atoms with van der Waals surface area (Å²) in [5.74, 6) is 0. The molecule has 2 atom stereocenters. The first kappa shape index (κ1) is 16.2. The number of β-amino-alcohol motifs (C(OH)–C–C–N with tert-alkyl or cyclic N) is 1. The van der Waals surface area contributed by atoms with E-state index >= 15 is 0 Å². The molecule has 0 aliphatic carbocycles. The molecule has 0 radical (unpaired) electrons. The summed E-state index contributed by atoms with van der Waals surface area (Å²) in [6.07, 6.45) is 2.04. The van der Waals surface area contributed by atoms with Gasteiger partial charge < -0.3 is 19.5 Å². The van der Waals surface area contributed by atoms with Crippen LogP contribution in [0.4, 0.5) is 5.00 Å². The van der Waals surface area contributed by atoms with E-state index in [0.29, 0.717) is 19.8 Å². The van der Waals surface area contributed by atoms with Crippen molar-refractivity contribution in [3.63, 3.8) is 0 Å². The highest BCUT2D eigenvalue weighted by Gasteiger charge is 2.21. The molecule has 0 aromatic carbocycles. The summed E-state index contributed by atoms with van der Waals surface area (Å²) < 4.78 is 11.1. The SMILES string of the molecule is OC(COCC1CCCO1)CN1CCN(c2cccs2)CC1. The van der Waals surface area contributed by atoms with E-state index in [1.165, 1.54) is 5.00 Å². The fourth-order valence-electron chi connectivity index (χ4n) is 3.06. The minimum atomic E-state index is -0.408. The van der Waals surface area contributed by atoms with Crippen molar-refractivity contribution >= 4 is 16.3 Å². The molecule has 6 heteroatoms. The van der Waals surface area contributed by atoms with Crippen LogP contribution in [-0.4, -0.2) is 74.8 Å². The van der Waals surface area contributed by atoms with Crippen molar-refractivity contribution < 1.29 is 14.6 Å². The monoisotopic (exact) mass is 326 g/mol. The molecule has 0 amide bonds. The molecule has 22 heavy (non-hydrogen) atoms. The normalized spacial score (nSPS) is 24.8. The average Bonchev–Trinajstić information content (AvgIpc) is 3.21. The van der Waals surface area contributed by atoms with Crippen LogP contribution in [-0.2, 0) is 9.47 Å². The second-order valence-corrected chi connectivity index (χ2v) is 6.99. The highest BCUT2D eigenvalue weighted by atomic mass is 32.1. The summed E-state index contributed by atoms with van der Waals surface area (Å²) in [5.41, 5.74) is 0. The van der Waals surface area contributed by atoms with Gasteiger partial charge in [-0.1, -0.05) is 0 Å². The quantitative estimate of drug-likeness (QED) is 0.821. The lowest BCUT2D eigenvalue weighted by molar-refractivity contribution is -0.0254. The number of hydrogen-bond acceptors (Lipinski definition) is 6. The molecule has 0 spiro atoms. The number of nitrogens with zero attached hydrogens (tertiary/aromatic N) is 2. The summed E-state index contributed by atoms with van der Waals surface area (Å²) in [7, 11) is 0. The van der Waals surface area contributed by atoms with Gasteiger partial charge in [0, 0.05) is 39.3 Å². The zero-order valence-corrected chi connectivity index (χ0v) is 13.8. The van der Waals surface area contributed by atoms with Crippen molar-refractivity contribution in [2.45, 2.75) is 25.0 Å². The Morgan fingerprint density at radius 2 is 2.23 bits per heavy atom. The van der Waals surface area contributed by atoms with E-state index in [9.17, 15) is 5.11 Å². The Labute approximate surface area is 136 Å². The molecular formula is C16H26N2O3S. The Morgan fingerprint density at radius 3 is 2.91 bits per heavy atom. The number of thiophene rings is 1. The maximum absolute atomic E-state index is 10.1. The number of ether oxygens (including phenoxy) is 2. The van der Waals surface area contributed by atoms with Gasteiger partial charge in [0.2, 0.25) is 0 Å². The van der Waals surface area contributed by atoms with Crippen LogP contribution in [0.5, 0.6) is 0 Å². The number of rotatable bonds is 7. The van der Waals surface area contributed by atoms with E-state index in [1.54, 1.807) is 11.3 Å². The number of aliphatic hydroxyl groups is 1. The first-order chi connectivity index (χ1) is 10.8. The number of piperazine rings is 1. The van der Waals surface area contributed by atoms with Crippen LogP contribution in [0.25, 0.3) is 0 Å². The van der Waals surface area contributed by atoms with E-state index in [2.05, 4.69) is 27.3 Å². The van der Waals surface area contributed by atoms with E-state index in [-0.39, 0.29) is 6.10 Å². The lowest BCUT2D eigenvalue weighted by atomic mass is 10.2. The van der Waals surface area contributed by atoms with Gasteiger partial charge in [-0.05, 0) is 30.4 Å². The van der Waals surface area contributed by atoms with Crippen LogP contribution < -0.4 is 4.90 Å². The molecule has 0 saturated carbocycles. The third-order valence-corrected chi connectivity index (χ3v) is 5.23. The third-order valence-electron chi connectivity index (χ3n) is 4.30. The molecule has 2 aliphatic heterocycles. The van der Waals surface area contributed by atoms with Crippen LogP contribution in [0.2, 0.25) is 0 Å². The summed E-state index contributed by atoms with van der Waals surface area (Å²) in [5, 5.41) is 13.6. The minimum Gasteiger partial charge on any atom is -0.389 e. The molecule has 2 aliphatic rings. The summed E-state index contributed by atoms with van der Waals surface area (Å²) in [4.78, 5) is 4.74. The first-order valence-corrected chi connectivity index (χ1v) is 9.07. The van der Waals surface area contributed by atoms with Crippen molar-refractivity contribution in [3.05, 3.63) is 17.5 Å². The molecule has 5 nitrogen and oxygen atoms in total.